The lowest BCUT2D eigenvalue weighted by Gasteiger charge is -2.23. The number of carbonyl (C=O) groups excluding carboxylic acids is 3. The maximum Gasteiger partial charge on any atom is 0.325 e. The highest BCUT2D eigenvalue weighted by molar-refractivity contribution is 6.08. The predicted octanol–water partition coefficient (Wildman–Crippen LogP) is 1.83. The van der Waals surface area contributed by atoms with Gasteiger partial charge in [-0.1, -0.05) is 6.07 Å². The fourth-order valence-corrected chi connectivity index (χ4v) is 3.62. The van der Waals surface area contributed by atoms with E-state index in [0.29, 0.717) is 17.3 Å². The van der Waals surface area contributed by atoms with E-state index in [1.807, 2.05) is 19.1 Å². The van der Waals surface area contributed by atoms with Gasteiger partial charge in [-0.25, -0.2) is 4.79 Å². The van der Waals surface area contributed by atoms with Crippen LogP contribution >= 0.6 is 0 Å². The molecule has 4 amide bonds. The number of urea groups is 1. The summed E-state index contributed by atoms with van der Waals surface area (Å²) in [5.74, 6) is 1.83. The SMILES string of the molecule is Cc1ccc(CN(C)C(=O)CN2C(=O)N[C@@](C)(Cc3ccc4c(c3)OCO4)C2=O)o1. The summed E-state index contributed by atoms with van der Waals surface area (Å²) in [5, 5.41) is 2.72. The van der Waals surface area contributed by atoms with Gasteiger partial charge in [-0.05, 0) is 43.7 Å². The number of imide groups is 1. The topological polar surface area (TPSA) is 101 Å². The number of benzene rings is 1. The van der Waals surface area contributed by atoms with Crippen molar-refractivity contribution in [3.05, 3.63) is 47.4 Å². The third kappa shape index (κ3) is 3.70. The molecule has 1 aromatic carbocycles. The summed E-state index contributed by atoms with van der Waals surface area (Å²) in [6.07, 6.45) is 0.264. The second kappa shape index (κ2) is 7.40. The molecule has 1 saturated heterocycles. The maximum atomic E-state index is 13.0. The molecule has 4 rings (SSSR count). The minimum absolute atomic E-state index is 0.159. The highest BCUT2D eigenvalue weighted by atomic mass is 16.7. The summed E-state index contributed by atoms with van der Waals surface area (Å²) in [6, 6.07) is 8.40. The van der Waals surface area contributed by atoms with Crippen LogP contribution in [0.15, 0.2) is 34.7 Å². The number of likely N-dealkylation sites (N-methyl/N-ethyl adjacent to an activating group) is 1. The molecule has 0 saturated carbocycles. The number of nitrogens with zero attached hydrogens (tertiary/aromatic N) is 2. The van der Waals surface area contributed by atoms with Crippen molar-refractivity contribution in [2.24, 2.45) is 0 Å². The Morgan fingerprint density at radius 1 is 1.20 bits per heavy atom. The Bertz CT molecular complexity index is 1020. The van der Waals surface area contributed by atoms with Crippen molar-refractivity contribution in [1.82, 2.24) is 15.1 Å². The normalized spacial score (nSPS) is 19.9. The molecule has 1 N–H and O–H groups in total. The third-order valence-corrected chi connectivity index (χ3v) is 5.25. The van der Waals surface area contributed by atoms with Crippen LogP contribution in [0.1, 0.15) is 24.0 Å². The van der Waals surface area contributed by atoms with Crippen LogP contribution in [-0.4, -0.2) is 53.6 Å². The first-order valence-corrected chi connectivity index (χ1v) is 9.57. The van der Waals surface area contributed by atoms with Gasteiger partial charge in [0, 0.05) is 13.5 Å². The predicted molar refractivity (Wildman–Crippen MR) is 105 cm³/mol. The van der Waals surface area contributed by atoms with Crippen molar-refractivity contribution in [2.75, 3.05) is 20.4 Å². The fraction of sp³-hybridized carbons (Fsp3) is 0.381. The Morgan fingerprint density at radius 2 is 1.97 bits per heavy atom. The summed E-state index contributed by atoms with van der Waals surface area (Å²) < 4.78 is 16.1. The highest BCUT2D eigenvalue weighted by Crippen LogP contribution is 2.34. The van der Waals surface area contributed by atoms with Crippen molar-refractivity contribution in [3.8, 4) is 11.5 Å². The van der Waals surface area contributed by atoms with Crippen molar-refractivity contribution in [1.29, 1.82) is 0 Å². The monoisotopic (exact) mass is 413 g/mol. The molecule has 2 aliphatic heterocycles. The van der Waals surface area contributed by atoms with Crippen LogP contribution in [0.4, 0.5) is 4.79 Å². The Morgan fingerprint density at radius 3 is 2.70 bits per heavy atom. The lowest BCUT2D eigenvalue weighted by atomic mass is 9.92. The second-order valence-electron chi connectivity index (χ2n) is 7.78. The van der Waals surface area contributed by atoms with E-state index < -0.39 is 17.5 Å². The van der Waals surface area contributed by atoms with Crippen LogP contribution in [0, 0.1) is 6.92 Å². The van der Waals surface area contributed by atoms with E-state index in [-0.39, 0.29) is 32.2 Å². The van der Waals surface area contributed by atoms with Gasteiger partial charge in [-0.15, -0.1) is 0 Å². The lowest BCUT2D eigenvalue weighted by Crippen LogP contribution is -2.47. The zero-order chi connectivity index (χ0) is 21.5. The largest absolute Gasteiger partial charge is 0.464 e. The van der Waals surface area contributed by atoms with Crippen molar-refractivity contribution in [2.45, 2.75) is 32.4 Å². The average Bonchev–Trinajstić information content (AvgIpc) is 3.37. The standard InChI is InChI=1S/C21H23N3O6/c1-13-4-6-15(30-13)10-23(3)18(25)11-24-19(26)21(2,22-20(24)27)9-14-5-7-16-17(8-14)29-12-28-16/h4-8H,9-12H2,1-3H3,(H,22,27)/t21-/m0/s1. The molecule has 0 aliphatic carbocycles. The van der Waals surface area contributed by atoms with Crippen LogP contribution in [0.3, 0.4) is 0 Å². The first-order chi connectivity index (χ1) is 14.2. The summed E-state index contributed by atoms with van der Waals surface area (Å²) in [4.78, 5) is 40.4. The lowest BCUT2D eigenvalue weighted by molar-refractivity contribution is -0.138. The fourth-order valence-electron chi connectivity index (χ4n) is 3.62. The van der Waals surface area contributed by atoms with E-state index in [4.69, 9.17) is 13.9 Å². The second-order valence-corrected chi connectivity index (χ2v) is 7.78. The molecule has 9 heteroatoms. The Hall–Kier alpha value is -3.49. The molecule has 1 fully saturated rings. The van der Waals surface area contributed by atoms with Crippen LogP contribution in [0.2, 0.25) is 0 Å². The Balaban J connectivity index is 1.42. The number of fused-ring (bicyclic) bond motifs is 1. The van der Waals surface area contributed by atoms with Gasteiger partial charge in [0.05, 0.1) is 6.54 Å². The van der Waals surface area contributed by atoms with Crippen molar-refractivity contribution in [3.63, 3.8) is 0 Å². The summed E-state index contributed by atoms with van der Waals surface area (Å²) in [7, 11) is 1.60. The Kier molecular flexibility index (Phi) is 4.89. The van der Waals surface area contributed by atoms with E-state index in [9.17, 15) is 14.4 Å². The molecule has 30 heavy (non-hydrogen) atoms. The molecule has 2 aliphatic rings. The number of carbonyl (C=O) groups is 3. The third-order valence-electron chi connectivity index (χ3n) is 5.25. The van der Waals surface area contributed by atoms with E-state index in [2.05, 4.69) is 5.32 Å². The van der Waals surface area contributed by atoms with Gasteiger partial charge < -0.3 is 24.1 Å². The Labute approximate surface area is 173 Å². The number of ether oxygens (including phenoxy) is 2. The number of hydrogen-bond donors (Lipinski definition) is 1. The minimum atomic E-state index is -1.15. The molecule has 0 unspecified atom stereocenters. The van der Waals surface area contributed by atoms with Crippen molar-refractivity contribution < 1.29 is 28.3 Å². The molecular formula is C21H23N3O6. The molecule has 9 nitrogen and oxygen atoms in total. The molecule has 158 valence electrons. The van der Waals surface area contributed by atoms with Gasteiger partial charge in [-0.3, -0.25) is 14.5 Å². The molecular weight excluding hydrogens is 390 g/mol. The number of nitrogens with one attached hydrogen (secondary N) is 1. The molecule has 1 aromatic heterocycles. The van der Waals surface area contributed by atoms with Crippen LogP contribution < -0.4 is 14.8 Å². The van der Waals surface area contributed by atoms with Gasteiger partial charge in [0.15, 0.2) is 11.5 Å². The van der Waals surface area contributed by atoms with Gasteiger partial charge in [0.25, 0.3) is 5.91 Å². The molecule has 0 bridgehead atoms. The zero-order valence-corrected chi connectivity index (χ0v) is 17.1. The number of amides is 4. The number of hydrogen-bond acceptors (Lipinski definition) is 6. The first kappa shape index (κ1) is 19.8. The summed E-state index contributed by atoms with van der Waals surface area (Å²) >= 11 is 0. The highest BCUT2D eigenvalue weighted by Gasteiger charge is 2.48. The summed E-state index contributed by atoms with van der Waals surface area (Å²) in [6.45, 7) is 3.55. The van der Waals surface area contributed by atoms with Crippen LogP contribution in [0.5, 0.6) is 11.5 Å². The average molecular weight is 413 g/mol. The number of aryl methyl sites for hydroxylation is 1. The van der Waals surface area contributed by atoms with Gasteiger partial charge in [0.1, 0.15) is 23.6 Å². The molecule has 3 heterocycles. The van der Waals surface area contributed by atoms with E-state index >= 15 is 0 Å². The van der Waals surface area contributed by atoms with E-state index in [0.717, 1.165) is 16.2 Å². The quantitative estimate of drug-likeness (QED) is 0.725. The van der Waals surface area contributed by atoms with Crippen molar-refractivity contribution >= 4 is 17.8 Å². The number of furan rings is 1. The maximum absolute atomic E-state index is 13.0. The van der Waals surface area contributed by atoms with E-state index in [1.54, 1.807) is 32.2 Å². The van der Waals surface area contributed by atoms with Crippen LogP contribution in [-0.2, 0) is 22.6 Å². The van der Waals surface area contributed by atoms with Crippen LogP contribution in [0.25, 0.3) is 0 Å². The van der Waals surface area contributed by atoms with Gasteiger partial charge in [0.2, 0.25) is 12.7 Å². The smallest absolute Gasteiger partial charge is 0.325 e. The molecule has 2 aromatic rings. The molecule has 0 radical (unpaired) electrons. The minimum Gasteiger partial charge on any atom is -0.464 e. The molecule has 0 spiro atoms. The van der Waals surface area contributed by atoms with Gasteiger partial charge in [-0.2, -0.15) is 0 Å². The van der Waals surface area contributed by atoms with E-state index in [1.165, 1.54) is 4.90 Å². The number of rotatable bonds is 6. The zero-order valence-electron chi connectivity index (χ0n) is 17.1. The molecule has 1 atom stereocenters. The van der Waals surface area contributed by atoms with Gasteiger partial charge >= 0.3 is 6.03 Å². The summed E-state index contributed by atoms with van der Waals surface area (Å²) in [5.41, 5.74) is -0.337. The first-order valence-electron chi connectivity index (χ1n) is 9.57.